The Morgan fingerprint density at radius 3 is 2.42 bits per heavy atom. The molecule has 2 amide bonds. The molecule has 3 rings (SSSR count). The Morgan fingerprint density at radius 2 is 1.77 bits per heavy atom. The lowest BCUT2D eigenvalue weighted by atomic mass is 9.98. The minimum atomic E-state index is -3.72. The average molecular weight is 446 g/mol. The van der Waals surface area contributed by atoms with Gasteiger partial charge in [-0.3, -0.25) is 9.59 Å². The van der Waals surface area contributed by atoms with Crippen molar-refractivity contribution in [1.29, 1.82) is 0 Å². The van der Waals surface area contributed by atoms with Gasteiger partial charge < -0.3 is 15.4 Å². The summed E-state index contributed by atoms with van der Waals surface area (Å²) in [6.07, 6.45) is 1.13. The van der Waals surface area contributed by atoms with E-state index in [9.17, 15) is 18.0 Å². The Morgan fingerprint density at radius 1 is 1.10 bits per heavy atom. The number of piperidine rings is 1. The van der Waals surface area contributed by atoms with Crippen LogP contribution in [0.5, 0.6) is 5.75 Å². The number of para-hydroxylation sites is 1. The molecule has 0 aliphatic carbocycles. The molecule has 31 heavy (non-hydrogen) atoms. The molecule has 1 heterocycles. The second-order valence-electron chi connectivity index (χ2n) is 7.46. The van der Waals surface area contributed by atoms with Crippen molar-refractivity contribution in [2.45, 2.75) is 30.7 Å². The first kappa shape index (κ1) is 22.8. The van der Waals surface area contributed by atoms with E-state index < -0.39 is 22.0 Å². The molecule has 2 atom stereocenters. The van der Waals surface area contributed by atoms with Crippen molar-refractivity contribution in [3.63, 3.8) is 0 Å². The first-order valence-electron chi connectivity index (χ1n) is 10.1. The summed E-state index contributed by atoms with van der Waals surface area (Å²) in [6.45, 7) is 2.03. The largest absolute Gasteiger partial charge is 0.497 e. The standard InChI is InChI=1S/C22H27N3O5S/c1-16(21(26)24-18-8-4-3-5-9-18)23-22(27)17-7-6-14-25(15-17)31(28,29)20-12-10-19(30-2)11-13-20/h3-5,8-13,16-17H,6-7,14-15H2,1-2H3,(H,23,27)(H,24,26)/t16-,17-/m0/s1. The number of anilines is 1. The summed E-state index contributed by atoms with van der Waals surface area (Å²) >= 11 is 0. The molecule has 2 N–H and O–H groups in total. The van der Waals surface area contributed by atoms with Crippen LogP contribution in [-0.4, -0.2) is 50.8 Å². The van der Waals surface area contributed by atoms with Gasteiger partial charge in [-0.05, 0) is 56.2 Å². The van der Waals surface area contributed by atoms with Crippen LogP contribution in [0.1, 0.15) is 19.8 Å². The summed E-state index contributed by atoms with van der Waals surface area (Å²) in [4.78, 5) is 25.2. The fourth-order valence-electron chi connectivity index (χ4n) is 3.44. The second kappa shape index (κ2) is 9.93. The van der Waals surface area contributed by atoms with Crippen LogP contribution < -0.4 is 15.4 Å². The number of nitrogens with one attached hydrogen (secondary N) is 2. The van der Waals surface area contributed by atoms with Crippen LogP contribution in [0.2, 0.25) is 0 Å². The smallest absolute Gasteiger partial charge is 0.246 e. The van der Waals surface area contributed by atoms with E-state index >= 15 is 0 Å². The minimum absolute atomic E-state index is 0.0766. The number of carbonyl (C=O) groups is 2. The summed E-state index contributed by atoms with van der Waals surface area (Å²) < 4.78 is 32.4. The van der Waals surface area contributed by atoms with E-state index in [0.717, 1.165) is 0 Å². The second-order valence-corrected chi connectivity index (χ2v) is 9.40. The maximum absolute atomic E-state index is 13.0. The molecule has 0 unspecified atom stereocenters. The summed E-state index contributed by atoms with van der Waals surface area (Å²) in [5.41, 5.74) is 0.642. The lowest BCUT2D eigenvalue weighted by molar-refractivity contribution is -0.129. The number of benzene rings is 2. The maximum atomic E-state index is 13.0. The molecule has 166 valence electrons. The number of hydrogen-bond donors (Lipinski definition) is 2. The third-order valence-electron chi connectivity index (χ3n) is 5.25. The number of nitrogens with zero attached hydrogens (tertiary/aromatic N) is 1. The molecule has 1 fully saturated rings. The van der Waals surface area contributed by atoms with Crippen molar-refractivity contribution in [3.05, 3.63) is 54.6 Å². The SMILES string of the molecule is COc1ccc(S(=O)(=O)N2CCC[C@H](C(=O)N[C@@H](C)C(=O)Nc3ccccc3)C2)cc1. The summed E-state index contributed by atoms with van der Waals surface area (Å²) in [6, 6.07) is 14.4. The lowest BCUT2D eigenvalue weighted by Crippen LogP contribution is -2.49. The monoisotopic (exact) mass is 445 g/mol. The highest BCUT2D eigenvalue weighted by Gasteiger charge is 2.34. The molecule has 1 aliphatic rings. The van der Waals surface area contributed by atoms with Crippen LogP contribution in [0, 0.1) is 5.92 Å². The van der Waals surface area contributed by atoms with Gasteiger partial charge in [0.25, 0.3) is 0 Å². The van der Waals surface area contributed by atoms with E-state index in [1.807, 2.05) is 6.07 Å². The number of methoxy groups -OCH3 is 1. The lowest BCUT2D eigenvalue weighted by Gasteiger charge is -2.31. The number of rotatable bonds is 7. The van der Waals surface area contributed by atoms with Crippen molar-refractivity contribution >= 4 is 27.5 Å². The van der Waals surface area contributed by atoms with E-state index in [2.05, 4.69) is 10.6 Å². The molecular formula is C22H27N3O5S. The third-order valence-corrected chi connectivity index (χ3v) is 7.12. The average Bonchev–Trinajstić information content (AvgIpc) is 2.79. The van der Waals surface area contributed by atoms with E-state index in [1.54, 1.807) is 43.3 Å². The van der Waals surface area contributed by atoms with Crippen molar-refractivity contribution < 1.29 is 22.7 Å². The molecule has 9 heteroatoms. The quantitative estimate of drug-likeness (QED) is 0.680. The molecule has 8 nitrogen and oxygen atoms in total. The molecular weight excluding hydrogens is 418 g/mol. The van der Waals surface area contributed by atoms with Crippen LogP contribution in [0.25, 0.3) is 0 Å². The van der Waals surface area contributed by atoms with Crippen molar-refractivity contribution in [3.8, 4) is 5.75 Å². The topological polar surface area (TPSA) is 105 Å². The molecule has 0 spiro atoms. The van der Waals surface area contributed by atoms with Gasteiger partial charge in [-0.25, -0.2) is 8.42 Å². The molecule has 0 bridgehead atoms. The van der Waals surface area contributed by atoms with Gasteiger partial charge >= 0.3 is 0 Å². The number of hydrogen-bond acceptors (Lipinski definition) is 5. The van der Waals surface area contributed by atoms with Crippen LogP contribution in [0.3, 0.4) is 0 Å². The number of sulfonamides is 1. The zero-order chi connectivity index (χ0) is 22.4. The molecule has 1 aliphatic heterocycles. The van der Waals surface area contributed by atoms with Crippen molar-refractivity contribution in [2.75, 3.05) is 25.5 Å². The van der Waals surface area contributed by atoms with Gasteiger partial charge in [-0.1, -0.05) is 18.2 Å². The molecule has 1 saturated heterocycles. The Bertz CT molecular complexity index is 1010. The van der Waals surface area contributed by atoms with Gasteiger partial charge in [0.2, 0.25) is 21.8 Å². The van der Waals surface area contributed by atoms with Crippen LogP contribution in [0.15, 0.2) is 59.5 Å². The molecule has 2 aromatic carbocycles. The van der Waals surface area contributed by atoms with E-state index in [-0.39, 0.29) is 23.3 Å². The molecule has 2 aromatic rings. The normalized spacial score (nSPS) is 18.1. The minimum Gasteiger partial charge on any atom is -0.497 e. The Labute approximate surface area is 182 Å². The maximum Gasteiger partial charge on any atom is 0.246 e. The summed E-state index contributed by atoms with van der Waals surface area (Å²) in [7, 11) is -2.21. The number of ether oxygens (including phenoxy) is 1. The van der Waals surface area contributed by atoms with Crippen LogP contribution in [0.4, 0.5) is 5.69 Å². The fourth-order valence-corrected chi connectivity index (χ4v) is 4.96. The van der Waals surface area contributed by atoms with E-state index in [1.165, 1.54) is 23.5 Å². The van der Waals surface area contributed by atoms with Gasteiger partial charge in [-0.2, -0.15) is 4.31 Å². The Balaban J connectivity index is 1.61. The van der Waals surface area contributed by atoms with Gasteiger partial charge in [0.1, 0.15) is 11.8 Å². The van der Waals surface area contributed by atoms with Gasteiger partial charge in [0, 0.05) is 18.8 Å². The highest BCUT2D eigenvalue weighted by molar-refractivity contribution is 7.89. The molecule has 0 radical (unpaired) electrons. The Hall–Kier alpha value is -2.91. The van der Waals surface area contributed by atoms with E-state index in [4.69, 9.17) is 4.74 Å². The highest BCUT2D eigenvalue weighted by Crippen LogP contribution is 2.25. The predicted molar refractivity (Wildman–Crippen MR) is 117 cm³/mol. The van der Waals surface area contributed by atoms with Crippen molar-refractivity contribution in [2.24, 2.45) is 5.92 Å². The van der Waals surface area contributed by atoms with Crippen LogP contribution >= 0.6 is 0 Å². The first-order chi connectivity index (χ1) is 14.8. The number of carbonyl (C=O) groups excluding carboxylic acids is 2. The molecule has 0 saturated carbocycles. The summed E-state index contributed by atoms with van der Waals surface area (Å²) in [5, 5.41) is 5.45. The summed E-state index contributed by atoms with van der Waals surface area (Å²) in [5.74, 6) is -0.616. The zero-order valence-corrected chi connectivity index (χ0v) is 18.4. The van der Waals surface area contributed by atoms with Gasteiger partial charge in [0.15, 0.2) is 0 Å². The van der Waals surface area contributed by atoms with E-state index in [0.29, 0.717) is 30.8 Å². The number of amides is 2. The van der Waals surface area contributed by atoms with Gasteiger partial charge in [-0.15, -0.1) is 0 Å². The Kier molecular flexibility index (Phi) is 7.29. The first-order valence-corrected chi connectivity index (χ1v) is 11.6. The third kappa shape index (κ3) is 5.62. The zero-order valence-electron chi connectivity index (χ0n) is 17.6. The van der Waals surface area contributed by atoms with Crippen molar-refractivity contribution in [1.82, 2.24) is 9.62 Å². The highest BCUT2D eigenvalue weighted by atomic mass is 32.2. The fraction of sp³-hybridized carbons (Fsp3) is 0.364. The molecule has 0 aromatic heterocycles. The predicted octanol–water partition coefficient (Wildman–Crippen LogP) is 2.24. The van der Waals surface area contributed by atoms with Crippen LogP contribution in [-0.2, 0) is 19.6 Å². The van der Waals surface area contributed by atoms with Gasteiger partial charge in [0.05, 0.1) is 17.9 Å².